The van der Waals surface area contributed by atoms with Gasteiger partial charge >= 0.3 is 17.1 Å². The van der Waals surface area contributed by atoms with Crippen LogP contribution in [0.1, 0.15) is 90.9 Å². The summed E-state index contributed by atoms with van der Waals surface area (Å²) in [6, 6.07) is 0. The largest absolute Gasteiger partial charge is 2.00 e. The molecular formula is C16H34FeO6S2. The minimum Gasteiger partial charge on any atom is -0.748 e. The molecule has 154 valence electrons. The second kappa shape index (κ2) is 19.1. The van der Waals surface area contributed by atoms with Gasteiger partial charge in [-0.05, 0) is 12.8 Å². The molecule has 0 fully saturated rings. The Hall–Kier alpha value is 0.339. The smallest absolute Gasteiger partial charge is 0.748 e. The van der Waals surface area contributed by atoms with E-state index in [4.69, 9.17) is 0 Å². The van der Waals surface area contributed by atoms with Gasteiger partial charge in [0.05, 0.1) is 20.2 Å². The second-order valence-corrected chi connectivity index (χ2v) is 9.11. The van der Waals surface area contributed by atoms with E-state index in [0.29, 0.717) is 12.8 Å². The van der Waals surface area contributed by atoms with Crippen LogP contribution in [0.3, 0.4) is 0 Å². The number of rotatable bonds is 14. The van der Waals surface area contributed by atoms with Crippen molar-refractivity contribution < 1.29 is 43.0 Å². The van der Waals surface area contributed by atoms with Crippen LogP contribution in [-0.2, 0) is 37.3 Å². The summed E-state index contributed by atoms with van der Waals surface area (Å²) >= 11 is 0. The van der Waals surface area contributed by atoms with Gasteiger partial charge in [0.1, 0.15) is 0 Å². The fourth-order valence-corrected chi connectivity index (χ4v) is 3.23. The zero-order chi connectivity index (χ0) is 18.9. The summed E-state index contributed by atoms with van der Waals surface area (Å²) in [4.78, 5) is 0. The predicted octanol–water partition coefficient (Wildman–Crippen LogP) is 3.78. The first-order valence-electron chi connectivity index (χ1n) is 8.99. The van der Waals surface area contributed by atoms with Crippen LogP contribution in [0.15, 0.2) is 0 Å². The van der Waals surface area contributed by atoms with E-state index in [1.165, 1.54) is 25.7 Å². The standard InChI is InChI=1S/2C8H18O3S.Fe/c2*1-2-3-4-5-6-7-8-12(9,10)11;/h2*2-8H2,1H3,(H,9,10,11);/q;;+2/p-2. The average Bonchev–Trinajstić information content (AvgIpc) is 2.45. The van der Waals surface area contributed by atoms with Crippen molar-refractivity contribution in [2.24, 2.45) is 0 Å². The van der Waals surface area contributed by atoms with Crippen LogP contribution >= 0.6 is 0 Å². The maximum atomic E-state index is 10.2. The van der Waals surface area contributed by atoms with Gasteiger partial charge in [0.25, 0.3) is 0 Å². The molecule has 0 aromatic rings. The summed E-state index contributed by atoms with van der Waals surface area (Å²) < 4.78 is 61.0. The van der Waals surface area contributed by atoms with Crippen molar-refractivity contribution in [2.45, 2.75) is 90.9 Å². The first-order chi connectivity index (χ1) is 11.1. The third-order valence-electron chi connectivity index (χ3n) is 3.50. The van der Waals surface area contributed by atoms with E-state index in [1.54, 1.807) is 0 Å². The topological polar surface area (TPSA) is 114 Å². The average molecular weight is 442 g/mol. The van der Waals surface area contributed by atoms with E-state index in [0.717, 1.165) is 38.5 Å². The SMILES string of the molecule is CCCCCCCCS(=O)(=O)[O-].CCCCCCCCS(=O)(=O)[O-].[Fe+2]. The van der Waals surface area contributed by atoms with Crippen molar-refractivity contribution >= 4 is 20.2 Å². The summed E-state index contributed by atoms with van der Waals surface area (Å²) in [5, 5.41) is 0. The van der Waals surface area contributed by atoms with Gasteiger partial charge in [0.2, 0.25) is 0 Å². The Morgan fingerprint density at radius 1 is 0.520 bits per heavy atom. The molecule has 0 saturated heterocycles. The van der Waals surface area contributed by atoms with Crippen molar-refractivity contribution in [3.63, 3.8) is 0 Å². The van der Waals surface area contributed by atoms with Gasteiger partial charge in [-0.25, -0.2) is 16.8 Å². The molecule has 0 aliphatic heterocycles. The summed E-state index contributed by atoms with van der Waals surface area (Å²) in [6.45, 7) is 4.25. The van der Waals surface area contributed by atoms with Gasteiger partial charge in [-0.2, -0.15) is 0 Å². The fourth-order valence-electron chi connectivity index (χ4n) is 2.12. The zero-order valence-electron chi connectivity index (χ0n) is 15.5. The van der Waals surface area contributed by atoms with Gasteiger partial charge in [-0.15, -0.1) is 0 Å². The molecule has 0 radical (unpaired) electrons. The Bertz CT molecular complexity index is 419. The molecule has 0 amide bonds. The molecular weight excluding hydrogens is 408 g/mol. The molecule has 0 bridgehead atoms. The molecule has 0 heterocycles. The third kappa shape index (κ3) is 36.1. The number of hydrogen-bond acceptors (Lipinski definition) is 6. The van der Waals surface area contributed by atoms with E-state index < -0.39 is 20.2 Å². The Morgan fingerprint density at radius 3 is 1.00 bits per heavy atom. The van der Waals surface area contributed by atoms with E-state index in [1.807, 2.05) is 0 Å². The van der Waals surface area contributed by atoms with Crippen molar-refractivity contribution in [1.29, 1.82) is 0 Å². The van der Waals surface area contributed by atoms with E-state index in [2.05, 4.69) is 13.8 Å². The first kappa shape index (κ1) is 30.1. The monoisotopic (exact) mass is 442 g/mol. The number of unbranched alkanes of at least 4 members (excludes halogenated alkanes) is 10. The van der Waals surface area contributed by atoms with Gasteiger partial charge in [-0.1, -0.05) is 78.1 Å². The molecule has 0 saturated carbocycles. The Morgan fingerprint density at radius 2 is 0.760 bits per heavy atom. The quantitative estimate of drug-likeness (QED) is 0.230. The number of hydrogen-bond donors (Lipinski definition) is 0. The molecule has 0 rings (SSSR count). The van der Waals surface area contributed by atoms with E-state index in [9.17, 15) is 25.9 Å². The molecule has 0 aromatic heterocycles. The van der Waals surface area contributed by atoms with Crippen LogP contribution in [0.4, 0.5) is 0 Å². The summed E-state index contributed by atoms with van der Waals surface area (Å²) in [6.07, 6.45) is 11.9. The fraction of sp³-hybridized carbons (Fsp3) is 1.00. The van der Waals surface area contributed by atoms with Crippen LogP contribution in [0.5, 0.6) is 0 Å². The van der Waals surface area contributed by atoms with Crippen LogP contribution in [0.2, 0.25) is 0 Å². The molecule has 9 heteroatoms. The second-order valence-electron chi connectivity index (χ2n) is 6.06. The van der Waals surface area contributed by atoms with Crippen LogP contribution in [-0.4, -0.2) is 37.4 Å². The third-order valence-corrected chi connectivity index (χ3v) is 5.07. The minimum atomic E-state index is -3.97. The molecule has 0 aliphatic rings. The van der Waals surface area contributed by atoms with E-state index in [-0.39, 0.29) is 28.6 Å². The summed E-state index contributed by atoms with van der Waals surface area (Å²) in [5.41, 5.74) is 0. The maximum absolute atomic E-state index is 10.2. The summed E-state index contributed by atoms with van der Waals surface area (Å²) in [5.74, 6) is -0.391. The van der Waals surface area contributed by atoms with Crippen molar-refractivity contribution in [3.05, 3.63) is 0 Å². The molecule has 0 N–H and O–H groups in total. The summed E-state index contributed by atoms with van der Waals surface area (Å²) in [7, 11) is -7.93. The Labute approximate surface area is 165 Å². The van der Waals surface area contributed by atoms with Gasteiger partial charge < -0.3 is 9.11 Å². The van der Waals surface area contributed by atoms with Crippen molar-refractivity contribution in [2.75, 3.05) is 11.5 Å². The Balaban J connectivity index is -0.000000372. The van der Waals surface area contributed by atoms with Gasteiger partial charge in [0, 0.05) is 11.5 Å². The molecule has 0 unspecified atom stereocenters. The molecule has 25 heavy (non-hydrogen) atoms. The van der Waals surface area contributed by atoms with Crippen LogP contribution < -0.4 is 0 Å². The van der Waals surface area contributed by atoms with Gasteiger partial charge in [0.15, 0.2) is 0 Å². The predicted molar refractivity (Wildman–Crippen MR) is 95.9 cm³/mol. The molecule has 0 atom stereocenters. The van der Waals surface area contributed by atoms with Crippen molar-refractivity contribution in [1.82, 2.24) is 0 Å². The zero-order valence-corrected chi connectivity index (χ0v) is 18.3. The maximum Gasteiger partial charge on any atom is 2.00 e. The first-order valence-corrected chi connectivity index (χ1v) is 12.1. The van der Waals surface area contributed by atoms with Crippen LogP contribution in [0, 0.1) is 0 Å². The Kier molecular flexibility index (Phi) is 23.0. The van der Waals surface area contributed by atoms with Crippen LogP contribution in [0.25, 0.3) is 0 Å². The normalized spacial score (nSPS) is 11.4. The van der Waals surface area contributed by atoms with Crippen molar-refractivity contribution in [3.8, 4) is 0 Å². The molecule has 0 aliphatic carbocycles. The molecule has 0 aromatic carbocycles. The molecule has 6 nitrogen and oxygen atoms in total. The minimum absolute atomic E-state index is 0. The molecule has 0 spiro atoms. The van der Waals surface area contributed by atoms with E-state index >= 15 is 0 Å². The van der Waals surface area contributed by atoms with Gasteiger partial charge in [-0.3, -0.25) is 0 Å².